The molecule has 1 fully saturated rings. The summed E-state index contributed by atoms with van der Waals surface area (Å²) in [7, 11) is 2.48. The molecule has 0 radical (unpaired) electrons. The van der Waals surface area contributed by atoms with Gasteiger partial charge in [0, 0.05) is 11.6 Å². The van der Waals surface area contributed by atoms with Crippen LogP contribution in [0, 0.1) is 6.92 Å². The monoisotopic (exact) mass is 503 g/mol. The molecule has 1 aromatic carbocycles. The number of β-lactam (4-membered cyclic amide) rings is 1. The van der Waals surface area contributed by atoms with Crippen molar-refractivity contribution >= 4 is 57.1 Å². The van der Waals surface area contributed by atoms with Gasteiger partial charge in [-0.25, -0.2) is 4.79 Å². The Morgan fingerprint density at radius 2 is 2.10 bits per heavy atom. The molecule has 0 bridgehead atoms. The largest absolute Gasteiger partial charge is 0.464 e. The van der Waals surface area contributed by atoms with Crippen molar-refractivity contribution in [2.45, 2.75) is 29.8 Å². The maximum atomic E-state index is 12.7. The summed E-state index contributed by atoms with van der Waals surface area (Å²) >= 11 is 10.9. The molecule has 0 saturated carbocycles. The third-order valence-corrected chi connectivity index (χ3v) is 7.25. The Kier molecular flexibility index (Phi) is 6.30. The van der Waals surface area contributed by atoms with Gasteiger partial charge in [-0.3, -0.25) is 20.2 Å². The number of amides is 2. The topological polar surface area (TPSA) is 111 Å². The van der Waals surface area contributed by atoms with Crippen LogP contribution in [0.15, 0.2) is 33.4 Å². The van der Waals surface area contributed by atoms with Gasteiger partial charge in [0.15, 0.2) is 0 Å². The third kappa shape index (κ3) is 3.79. The van der Waals surface area contributed by atoms with Gasteiger partial charge in [0.05, 0.1) is 18.6 Å². The minimum Gasteiger partial charge on any atom is -0.464 e. The number of ether oxygens (including phenoxy) is 2. The molecule has 3 atom stereocenters. The number of thioether (sulfide) groups is 1. The van der Waals surface area contributed by atoms with Gasteiger partial charge in [-0.1, -0.05) is 33.6 Å². The lowest BCUT2D eigenvalue weighted by Gasteiger charge is -2.55. The summed E-state index contributed by atoms with van der Waals surface area (Å²) in [6.45, 7) is 1.91. The number of fused-ring (bicyclic) bond motifs is 1. The molecular weight excluding hydrogens is 486 g/mol. The average molecular weight is 505 g/mol. The fraction of sp³-hybridized carbons (Fsp3) is 0.389. The fourth-order valence-electron chi connectivity index (χ4n) is 3.11. The quantitative estimate of drug-likeness (QED) is 0.356. The number of rotatable bonds is 5. The lowest BCUT2D eigenvalue weighted by Crippen LogP contribution is -2.79. The molecule has 156 valence electrons. The zero-order valence-electron chi connectivity index (χ0n) is 15.8. The number of hydrogen-bond acceptors (Lipinski definition) is 7. The summed E-state index contributed by atoms with van der Waals surface area (Å²) in [5.74, 6) is -1.70. The Bertz CT molecular complexity index is 927. The molecule has 8 nitrogen and oxygen atoms in total. The van der Waals surface area contributed by atoms with Crippen molar-refractivity contribution in [1.82, 2.24) is 10.2 Å². The van der Waals surface area contributed by atoms with Gasteiger partial charge in [-0.05, 0) is 30.2 Å². The Balaban J connectivity index is 1.86. The zero-order chi connectivity index (χ0) is 21.5. The SMILES string of the molecule is COC(=O)C1=C(Cl)C(NC(=O)Cc2cc(Br)ccc2C)S[C@H]2N1C(=O)C2(N)OC. The number of esters is 1. The number of nitrogens with zero attached hydrogens (tertiary/aromatic N) is 1. The van der Waals surface area contributed by atoms with Crippen molar-refractivity contribution < 1.29 is 23.9 Å². The summed E-state index contributed by atoms with van der Waals surface area (Å²) in [5.41, 5.74) is 6.07. The van der Waals surface area contributed by atoms with Crippen molar-refractivity contribution in [3.63, 3.8) is 0 Å². The van der Waals surface area contributed by atoms with E-state index >= 15 is 0 Å². The lowest BCUT2D eigenvalue weighted by molar-refractivity contribution is -0.183. The van der Waals surface area contributed by atoms with Gasteiger partial charge in [-0.15, -0.1) is 11.8 Å². The molecule has 0 aliphatic carbocycles. The highest BCUT2D eigenvalue weighted by Crippen LogP contribution is 2.48. The first-order chi connectivity index (χ1) is 13.6. The lowest BCUT2D eigenvalue weighted by atomic mass is 10.0. The smallest absolute Gasteiger partial charge is 0.356 e. The Hall–Kier alpha value is -1.59. The molecule has 2 amide bonds. The van der Waals surface area contributed by atoms with Gasteiger partial charge in [0.1, 0.15) is 16.4 Å². The molecule has 0 aromatic heterocycles. The fourth-order valence-corrected chi connectivity index (χ4v) is 5.31. The highest BCUT2D eigenvalue weighted by Gasteiger charge is 2.65. The summed E-state index contributed by atoms with van der Waals surface area (Å²) < 4.78 is 10.8. The first kappa shape index (κ1) is 22.1. The van der Waals surface area contributed by atoms with Crippen molar-refractivity contribution in [3.8, 4) is 0 Å². The van der Waals surface area contributed by atoms with Crippen LogP contribution in [0.4, 0.5) is 0 Å². The molecule has 2 heterocycles. The van der Waals surface area contributed by atoms with Crippen LogP contribution in [-0.4, -0.2) is 53.4 Å². The number of hydrogen-bond donors (Lipinski definition) is 2. The van der Waals surface area contributed by atoms with Gasteiger partial charge in [0.2, 0.25) is 11.6 Å². The first-order valence-electron chi connectivity index (χ1n) is 8.49. The highest BCUT2D eigenvalue weighted by molar-refractivity contribution is 9.10. The van der Waals surface area contributed by atoms with E-state index in [1.807, 2.05) is 25.1 Å². The summed E-state index contributed by atoms with van der Waals surface area (Å²) in [6.07, 6.45) is 0.116. The van der Waals surface area contributed by atoms with Crippen LogP contribution < -0.4 is 11.1 Å². The predicted octanol–water partition coefficient (Wildman–Crippen LogP) is 1.58. The maximum Gasteiger partial charge on any atom is 0.356 e. The van der Waals surface area contributed by atoms with E-state index in [2.05, 4.69) is 21.2 Å². The molecule has 1 saturated heterocycles. The van der Waals surface area contributed by atoms with E-state index in [-0.39, 0.29) is 23.1 Å². The number of carbonyl (C=O) groups excluding carboxylic acids is 3. The standard InChI is InChI=1S/C18H19BrClN3O5S/c1-8-4-5-10(19)6-9(8)7-11(24)22-14-12(20)13(15(25)27-2)23-16(26)18(21,28-3)17(23)29-14/h4-6,14,17H,7,21H2,1-3H3,(H,22,24)/t14?,17-,18?/m1/s1. The number of methoxy groups -OCH3 is 2. The Morgan fingerprint density at radius 1 is 1.41 bits per heavy atom. The van der Waals surface area contributed by atoms with Crippen molar-refractivity contribution in [2.75, 3.05) is 14.2 Å². The van der Waals surface area contributed by atoms with Gasteiger partial charge >= 0.3 is 5.97 Å². The van der Waals surface area contributed by atoms with Crippen LogP contribution in [0.1, 0.15) is 11.1 Å². The number of nitrogens with one attached hydrogen (secondary N) is 1. The second-order valence-electron chi connectivity index (χ2n) is 6.54. The Morgan fingerprint density at radius 3 is 2.72 bits per heavy atom. The number of halogens is 2. The molecule has 29 heavy (non-hydrogen) atoms. The Labute approximate surface area is 185 Å². The predicted molar refractivity (Wildman–Crippen MR) is 112 cm³/mol. The van der Waals surface area contributed by atoms with E-state index in [0.29, 0.717) is 0 Å². The number of nitrogens with two attached hydrogens (primary N) is 1. The molecule has 0 spiro atoms. The van der Waals surface area contributed by atoms with Gasteiger partial charge in [0.25, 0.3) is 5.91 Å². The first-order valence-corrected chi connectivity index (χ1v) is 10.6. The van der Waals surface area contributed by atoms with E-state index in [0.717, 1.165) is 32.3 Å². The number of benzene rings is 1. The highest BCUT2D eigenvalue weighted by atomic mass is 79.9. The number of aryl methyl sites for hydroxylation is 1. The van der Waals surface area contributed by atoms with Gasteiger partial charge in [-0.2, -0.15) is 0 Å². The van der Waals surface area contributed by atoms with Crippen molar-refractivity contribution in [3.05, 3.63) is 44.5 Å². The van der Waals surface area contributed by atoms with Crippen LogP contribution in [0.25, 0.3) is 0 Å². The van der Waals surface area contributed by atoms with Crippen molar-refractivity contribution in [1.29, 1.82) is 0 Å². The molecule has 11 heteroatoms. The zero-order valence-corrected chi connectivity index (χ0v) is 19.0. The maximum absolute atomic E-state index is 12.7. The molecular formula is C18H19BrClN3O5S. The van der Waals surface area contributed by atoms with Crippen LogP contribution in [0.5, 0.6) is 0 Å². The molecule has 3 N–H and O–H groups in total. The van der Waals surface area contributed by atoms with E-state index in [4.69, 9.17) is 26.8 Å². The number of carbonyl (C=O) groups is 3. The van der Waals surface area contributed by atoms with Crippen LogP contribution in [0.2, 0.25) is 0 Å². The summed E-state index contributed by atoms with van der Waals surface area (Å²) in [5, 5.41) is 1.25. The normalized spacial score (nSPS) is 26.0. The van der Waals surface area contributed by atoms with Crippen LogP contribution >= 0.6 is 39.3 Å². The second-order valence-corrected chi connectivity index (χ2v) is 9.06. The van der Waals surface area contributed by atoms with Gasteiger partial charge < -0.3 is 14.8 Å². The van der Waals surface area contributed by atoms with E-state index in [9.17, 15) is 14.4 Å². The minimum atomic E-state index is -1.62. The minimum absolute atomic E-state index is 0.0103. The van der Waals surface area contributed by atoms with Crippen molar-refractivity contribution in [2.24, 2.45) is 5.73 Å². The summed E-state index contributed by atoms with van der Waals surface area (Å²) in [6, 6.07) is 5.66. The van der Waals surface area contributed by atoms with E-state index in [1.54, 1.807) is 0 Å². The molecule has 1 aromatic rings. The van der Waals surface area contributed by atoms with E-state index < -0.39 is 28.3 Å². The summed E-state index contributed by atoms with van der Waals surface area (Å²) in [4.78, 5) is 38.5. The molecule has 2 aliphatic rings. The van der Waals surface area contributed by atoms with Crippen LogP contribution in [0.3, 0.4) is 0 Å². The van der Waals surface area contributed by atoms with E-state index in [1.165, 1.54) is 14.2 Å². The van der Waals surface area contributed by atoms with Crippen LogP contribution in [-0.2, 0) is 30.3 Å². The molecule has 2 aliphatic heterocycles. The third-order valence-electron chi connectivity index (χ3n) is 4.79. The second kappa shape index (κ2) is 8.27. The molecule has 3 rings (SSSR count). The molecule has 2 unspecified atom stereocenters. The average Bonchev–Trinajstić information content (AvgIpc) is 2.70.